The predicted molar refractivity (Wildman–Crippen MR) is 83.8 cm³/mol. The van der Waals surface area contributed by atoms with Crippen molar-refractivity contribution in [1.29, 1.82) is 0 Å². The maximum absolute atomic E-state index is 11.6. The highest BCUT2D eigenvalue weighted by Crippen LogP contribution is 2.12. The SMILES string of the molecule is CN(CC(=O)NCCc1ccc(OCC(=O)O)cc1)S(C)(=O)=O. The van der Waals surface area contributed by atoms with Gasteiger partial charge in [0, 0.05) is 13.6 Å². The molecule has 0 aliphatic heterocycles. The highest BCUT2D eigenvalue weighted by atomic mass is 32.2. The number of aliphatic carboxylic acids is 1. The quantitative estimate of drug-likeness (QED) is 0.636. The second-order valence-electron chi connectivity index (χ2n) is 4.95. The highest BCUT2D eigenvalue weighted by Gasteiger charge is 2.14. The van der Waals surface area contributed by atoms with Crippen LogP contribution >= 0.6 is 0 Å². The summed E-state index contributed by atoms with van der Waals surface area (Å²) in [5.41, 5.74) is 0.935. The lowest BCUT2D eigenvalue weighted by molar-refractivity contribution is -0.139. The van der Waals surface area contributed by atoms with Gasteiger partial charge in [-0.05, 0) is 24.1 Å². The van der Waals surface area contributed by atoms with Crippen molar-refractivity contribution in [2.24, 2.45) is 0 Å². The number of likely N-dealkylation sites (N-methyl/N-ethyl adjacent to an activating group) is 1. The summed E-state index contributed by atoms with van der Waals surface area (Å²) in [6, 6.07) is 6.84. The number of carboxylic acids is 1. The topological polar surface area (TPSA) is 113 Å². The first-order valence-electron chi connectivity index (χ1n) is 6.80. The lowest BCUT2D eigenvalue weighted by Gasteiger charge is -2.13. The average molecular weight is 344 g/mol. The molecule has 0 atom stereocenters. The van der Waals surface area contributed by atoms with Crippen LogP contribution in [0.4, 0.5) is 0 Å². The maximum atomic E-state index is 11.6. The number of nitrogens with zero attached hydrogens (tertiary/aromatic N) is 1. The van der Waals surface area contributed by atoms with Gasteiger partial charge in [0.1, 0.15) is 5.75 Å². The van der Waals surface area contributed by atoms with E-state index in [9.17, 15) is 18.0 Å². The van der Waals surface area contributed by atoms with Crippen molar-refractivity contribution < 1.29 is 27.9 Å². The minimum atomic E-state index is -3.37. The molecule has 0 aromatic heterocycles. The Labute approximate surface area is 135 Å². The Kier molecular flexibility index (Phi) is 6.98. The number of carbonyl (C=O) groups excluding carboxylic acids is 1. The van der Waals surface area contributed by atoms with Crippen LogP contribution < -0.4 is 10.1 Å². The van der Waals surface area contributed by atoms with Crippen LogP contribution in [0.25, 0.3) is 0 Å². The lowest BCUT2D eigenvalue weighted by atomic mass is 10.1. The molecule has 0 saturated carbocycles. The summed E-state index contributed by atoms with van der Waals surface area (Å²) in [7, 11) is -2.04. The summed E-state index contributed by atoms with van der Waals surface area (Å²) < 4.78 is 28.4. The fourth-order valence-corrected chi connectivity index (χ4v) is 1.97. The smallest absolute Gasteiger partial charge is 0.341 e. The standard InChI is InChI=1S/C14H20N2O6S/c1-16(23(2,20)21)9-13(17)15-8-7-11-3-5-12(6-4-11)22-10-14(18)19/h3-6H,7-10H2,1-2H3,(H,15,17)(H,18,19). The molecule has 0 radical (unpaired) electrons. The number of sulfonamides is 1. The van der Waals surface area contributed by atoms with E-state index in [2.05, 4.69) is 5.32 Å². The van der Waals surface area contributed by atoms with Gasteiger partial charge in [-0.3, -0.25) is 4.79 Å². The summed E-state index contributed by atoms with van der Waals surface area (Å²) in [4.78, 5) is 22.0. The van der Waals surface area contributed by atoms with Crippen molar-refractivity contribution in [2.45, 2.75) is 6.42 Å². The lowest BCUT2D eigenvalue weighted by Crippen LogP contribution is -2.38. The third-order valence-electron chi connectivity index (χ3n) is 2.95. The minimum absolute atomic E-state index is 0.221. The predicted octanol–water partition coefficient (Wildman–Crippen LogP) is -0.300. The van der Waals surface area contributed by atoms with Gasteiger partial charge in [0.15, 0.2) is 6.61 Å². The molecule has 0 bridgehead atoms. The molecule has 1 aromatic rings. The summed E-state index contributed by atoms with van der Waals surface area (Å²) in [6.07, 6.45) is 1.60. The Balaban J connectivity index is 2.35. The van der Waals surface area contributed by atoms with E-state index in [0.717, 1.165) is 16.1 Å². The van der Waals surface area contributed by atoms with Crippen LogP contribution in [0.3, 0.4) is 0 Å². The van der Waals surface area contributed by atoms with Crippen molar-refractivity contribution in [3.8, 4) is 5.75 Å². The molecule has 0 unspecified atom stereocenters. The maximum Gasteiger partial charge on any atom is 0.341 e. The zero-order valence-electron chi connectivity index (χ0n) is 13.0. The summed E-state index contributed by atoms with van der Waals surface area (Å²) in [6.45, 7) is -0.254. The second kappa shape index (κ2) is 8.49. The van der Waals surface area contributed by atoms with Crippen molar-refractivity contribution in [1.82, 2.24) is 9.62 Å². The summed E-state index contributed by atoms with van der Waals surface area (Å²) >= 11 is 0. The van der Waals surface area contributed by atoms with Gasteiger partial charge < -0.3 is 15.2 Å². The number of hydrogen-bond donors (Lipinski definition) is 2. The van der Waals surface area contributed by atoms with Gasteiger partial charge in [-0.2, -0.15) is 4.31 Å². The van der Waals surface area contributed by atoms with Crippen molar-refractivity contribution in [3.05, 3.63) is 29.8 Å². The van der Waals surface area contributed by atoms with Crippen LogP contribution in [0.2, 0.25) is 0 Å². The van der Waals surface area contributed by atoms with E-state index in [4.69, 9.17) is 9.84 Å². The summed E-state index contributed by atoms with van der Waals surface area (Å²) in [5, 5.41) is 11.1. The number of rotatable bonds is 9. The van der Waals surface area contributed by atoms with Gasteiger partial charge in [0.2, 0.25) is 15.9 Å². The van der Waals surface area contributed by atoms with E-state index in [1.807, 2.05) is 0 Å². The van der Waals surface area contributed by atoms with Crippen molar-refractivity contribution in [2.75, 3.05) is 33.0 Å². The molecule has 8 nitrogen and oxygen atoms in total. The molecule has 128 valence electrons. The van der Waals surface area contributed by atoms with E-state index in [-0.39, 0.29) is 12.5 Å². The van der Waals surface area contributed by atoms with Crippen LogP contribution in [-0.2, 0) is 26.0 Å². The van der Waals surface area contributed by atoms with Crippen LogP contribution in [0.15, 0.2) is 24.3 Å². The molecule has 0 saturated heterocycles. The minimum Gasteiger partial charge on any atom is -0.482 e. The molecule has 0 spiro atoms. The fourth-order valence-electron chi connectivity index (χ4n) is 1.62. The van der Waals surface area contributed by atoms with Crippen LogP contribution in [0.5, 0.6) is 5.75 Å². The normalized spacial score (nSPS) is 11.3. The van der Waals surface area contributed by atoms with Crippen molar-refractivity contribution in [3.63, 3.8) is 0 Å². The summed E-state index contributed by atoms with van der Waals surface area (Å²) in [5.74, 6) is -0.967. The molecular weight excluding hydrogens is 324 g/mol. The van der Waals surface area contributed by atoms with Gasteiger partial charge in [-0.25, -0.2) is 13.2 Å². The Bertz CT molecular complexity index is 642. The largest absolute Gasteiger partial charge is 0.482 e. The Morgan fingerprint density at radius 1 is 1.26 bits per heavy atom. The molecule has 1 rings (SSSR count). The van der Waals surface area contributed by atoms with Crippen molar-refractivity contribution >= 4 is 21.9 Å². The van der Waals surface area contributed by atoms with E-state index in [1.54, 1.807) is 24.3 Å². The van der Waals surface area contributed by atoms with E-state index < -0.39 is 22.6 Å². The number of hydrogen-bond acceptors (Lipinski definition) is 5. The number of carbonyl (C=O) groups is 2. The van der Waals surface area contributed by atoms with Crippen LogP contribution in [-0.4, -0.2) is 62.7 Å². The third kappa shape index (κ3) is 7.61. The molecule has 23 heavy (non-hydrogen) atoms. The molecular formula is C14H20N2O6S. The Hall–Kier alpha value is -2.13. The van der Waals surface area contributed by atoms with Gasteiger partial charge in [-0.15, -0.1) is 0 Å². The van der Waals surface area contributed by atoms with Gasteiger partial charge >= 0.3 is 5.97 Å². The van der Waals surface area contributed by atoms with Gasteiger partial charge in [0.05, 0.1) is 12.8 Å². The second-order valence-corrected chi connectivity index (χ2v) is 7.03. The number of ether oxygens (including phenoxy) is 1. The van der Waals surface area contributed by atoms with E-state index in [1.165, 1.54) is 7.05 Å². The van der Waals surface area contributed by atoms with Crippen LogP contribution in [0.1, 0.15) is 5.56 Å². The Morgan fingerprint density at radius 3 is 2.39 bits per heavy atom. The van der Waals surface area contributed by atoms with Crippen LogP contribution in [0, 0.1) is 0 Å². The molecule has 0 aliphatic carbocycles. The number of amides is 1. The molecule has 2 N–H and O–H groups in total. The van der Waals surface area contributed by atoms with Gasteiger partial charge in [-0.1, -0.05) is 12.1 Å². The average Bonchev–Trinajstić information content (AvgIpc) is 2.45. The first-order chi connectivity index (χ1) is 10.7. The molecule has 0 heterocycles. The molecule has 1 aromatic carbocycles. The molecule has 1 amide bonds. The number of benzene rings is 1. The fraction of sp³-hybridized carbons (Fsp3) is 0.429. The molecule has 0 aliphatic rings. The molecule has 9 heteroatoms. The molecule has 0 fully saturated rings. The van der Waals surface area contributed by atoms with E-state index in [0.29, 0.717) is 18.7 Å². The highest BCUT2D eigenvalue weighted by molar-refractivity contribution is 7.88. The third-order valence-corrected chi connectivity index (χ3v) is 4.22. The number of carboxylic acid groups (broad SMARTS) is 1. The monoisotopic (exact) mass is 344 g/mol. The first kappa shape index (κ1) is 18.9. The zero-order chi connectivity index (χ0) is 17.5. The number of nitrogens with one attached hydrogen (secondary N) is 1. The Morgan fingerprint density at radius 2 is 1.87 bits per heavy atom. The van der Waals surface area contributed by atoms with Gasteiger partial charge in [0.25, 0.3) is 0 Å². The zero-order valence-corrected chi connectivity index (χ0v) is 13.8. The van der Waals surface area contributed by atoms with E-state index >= 15 is 0 Å². The first-order valence-corrected chi connectivity index (χ1v) is 8.65.